The van der Waals surface area contributed by atoms with E-state index in [1.54, 1.807) is 6.92 Å². The Kier molecular flexibility index (Phi) is 6.17. The number of fused-ring (bicyclic) bond motifs is 3. The third kappa shape index (κ3) is 4.20. The summed E-state index contributed by atoms with van der Waals surface area (Å²) in [5.41, 5.74) is 4.65. The molecule has 2 aliphatic rings. The summed E-state index contributed by atoms with van der Waals surface area (Å²) >= 11 is 0. The lowest BCUT2D eigenvalue weighted by Crippen LogP contribution is -2.43. The molecule has 2 aromatic rings. The zero-order valence-electron chi connectivity index (χ0n) is 18.3. The fourth-order valence-electron chi connectivity index (χ4n) is 4.67. The first-order chi connectivity index (χ1) is 15.4. The number of rotatable bonds is 8. The molecule has 4 rings (SSSR count). The molecule has 2 amide bonds. The van der Waals surface area contributed by atoms with Crippen molar-refractivity contribution in [2.75, 3.05) is 20.2 Å². The zero-order valence-corrected chi connectivity index (χ0v) is 18.3. The molecule has 2 aromatic carbocycles. The Bertz CT molecular complexity index is 991. The van der Waals surface area contributed by atoms with Crippen LogP contribution in [0.15, 0.2) is 48.5 Å². The minimum Gasteiger partial charge on any atom is -0.480 e. The fraction of sp³-hybridized carbons (Fsp3) is 0.400. The van der Waals surface area contributed by atoms with Crippen molar-refractivity contribution < 1.29 is 24.2 Å². The number of nitrogens with zero attached hydrogens (tertiary/aromatic N) is 1. The maximum Gasteiger partial charge on any atom is 0.407 e. The van der Waals surface area contributed by atoms with Crippen LogP contribution in [0, 0.1) is 11.8 Å². The van der Waals surface area contributed by atoms with Crippen LogP contribution in [-0.4, -0.2) is 54.2 Å². The first-order valence-corrected chi connectivity index (χ1v) is 11.0. The molecule has 0 radical (unpaired) electrons. The predicted octanol–water partition coefficient (Wildman–Crippen LogP) is 3.48. The number of carboxylic acid groups (broad SMARTS) is 1. The molecule has 32 heavy (non-hydrogen) atoms. The summed E-state index contributed by atoms with van der Waals surface area (Å²) in [6.07, 6.45) is 0.492. The number of hydrogen-bond donors (Lipinski definition) is 2. The smallest absolute Gasteiger partial charge is 0.407 e. The van der Waals surface area contributed by atoms with Crippen LogP contribution in [0.25, 0.3) is 11.1 Å². The number of carboxylic acids is 1. The molecule has 0 heterocycles. The summed E-state index contributed by atoms with van der Waals surface area (Å²) in [4.78, 5) is 37.4. The van der Waals surface area contributed by atoms with E-state index in [1.165, 1.54) is 23.1 Å². The van der Waals surface area contributed by atoms with Gasteiger partial charge in [0.15, 0.2) is 0 Å². The number of carbonyl (C=O) groups excluding carboxylic acids is 2. The molecule has 2 aliphatic carbocycles. The second kappa shape index (κ2) is 9.02. The molecule has 0 aliphatic heterocycles. The van der Waals surface area contributed by atoms with Gasteiger partial charge in [0.2, 0.25) is 5.91 Å². The topological polar surface area (TPSA) is 95.9 Å². The van der Waals surface area contributed by atoms with Gasteiger partial charge in [-0.15, -0.1) is 0 Å². The standard InChI is InChI=1S/C25H28N2O5/c1-3-22(24(29)30)27(2)23(28)20-12-15(20)13-26-25(31)32-14-21-18-10-6-4-8-16(18)17-9-5-7-11-19(17)21/h4-11,15,20-22H,3,12-14H2,1-2H3,(H,26,31)(H,29,30)/t15-,20-,22?/m0/s1. The van der Waals surface area contributed by atoms with Crippen LogP contribution in [0.1, 0.15) is 36.8 Å². The average molecular weight is 437 g/mol. The molecule has 7 heteroatoms. The van der Waals surface area contributed by atoms with Gasteiger partial charge in [0.25, 0.3) is 0 Å². The third-order valence-electron chi connectivity index (χ3n) is 6.58. The molecule has 1 unspecified atom stereocenters. The van der Waals surface area contributed by atoms with Crippen molar-refractivity contribution in [2.45, 2.75) is 31.7 Å². The number of carbonyl (C=O) groups is 3. The second-order valence-electron chi connectivity index (χ2n) is 8.52. The lowest BCUT2D eigenvalue weighted by molar-refractivity contribution is -0.149. The van der Waals surface area contributed by atoms with Gasteiger partial charge >= 0.3 is 12.1 Å². The number of amides is 2. The average Bonchev–Trinajstić information content (AvgIpc) is 3.50. The van der Waals surface area contributed by atoms with Crippen molar-refractivity contribution in [3.63, 3.8) is 0 Å². The van der Waals surface area contributed by atoms with E-state index in [0.29, 0.717) is 19.4 Å². The summed E-state index contributed by atoms with van der Waals surface area (Å²) in [7, 11) is 1.53. The van der Waals surface area contributed by atoms with Gasteiger partial charge in [-0.2, -0.15) is 0 Å². The quantitative estimate of drug-likeness (QED) is 0.661. The number of benzene rings is 2. The van der Waals surface area contributed by atoms with E-state index >= 15 is 0 Å². The van der Waals surface area contributed by atoms with Crippen molar-refractivity contribution in [1.29, 1.82) is 0 Å². The number of nitrogens with one attached hydrogen (secondary N) is 1. The summed E-state index contributed by atoms with van der Waals surface area (Å²) in [5, 5.41) is 12.0. The van der Waals surface area contributed by atoms with E-state index in [9.17, 15) is 19.5 Å². The van der Waals surface area contributed by atoms with Crippen molar-refractivity contribution in [3.05, 3.63) is 59.7 Å². The van der Waals surface area contributed by atoms with Crippen LogP contribution in [0.3, 0.4) is 0 Å². The molecule has 0 spiro atoms. The first-order valence-electron chi connectivity index (χ1n) is 11.0. The highest BCUT2D eigenvalue weighted by atomic mass is 16.5. The molecule has 7 nitrogen and oxygen atoms in total. The Morgan fingerprint density at radius 1 is 1.09 bits per heavy atom. The lowest BCUT2D eigenvalue weighted by Gasteiger charge is -2.24. The van der Waals surface area contributed by atoms with Gasteiger partial charge in [0, 0.05) is 25.4 Å². The van der Waals surface area contributed by atoms with Crippen LogP contribution in [0.2, 0.25) is 0 Å². The molecule has 3 atom stereocenters. The van der Waals surface area contributed by atoms with E-state index in [-0.39, 0.29) is 30.3 Å². The third-order valence-corrected chi connectivity index (χ3v) is 6.58. The van der Waals surface area contributed by atoms with Gasteiger partial charge in [-0.3, -0.25) is 4.79 Å². The van der Waals surface area contributed by atoms with Crippen LogP contribution >= 0.6 is 0 Å². The zero-order chi connectivity index (χ0) is 22.8. The number of aliphatic carboxylic acids is 1. The Hall–Kier alpha value is -3.35. The van der Waals surface area contributed by atoms with Crippen LogP contribution in [0.4, 0.5) is 4.79 Å². The maximum absolute atomic E-state index is 12.5. The normalized spacial score (nSPS) is 19.4. The second-order valence-corrected chi connectivity index (χ2v) is 8.52. The Morgan fingerprint density at radius 3 is 2.25 bits per heavy atom. The minimum atomic E-state index is -1.00. The van der Waals surface area contributed by atoms with E-state index in [1.807, 2.05) is 24.3 Å². The Balaban J connectivity index is 1.27. The highest BCUT2D eigenvalue weighted by Gasteiger charge is 2.45. The van der Waals surface area contributed by atoms with Crippen LogP contribution < -0.4 is 5.32 Å². The SMILES string of the molecule is CCC(C(=O)O)N(C)C(=O)[C@H]1C[C@H]1CNC(=O)OCC1c2ccccc2-c2ccccc21. The monoisotopic (exact) mass is 436 g/mol. The van der Waals surface area contributed by atoms with E-state index in [2.05, 4.69) is 29.6 Å². The minimum absolute atomic E-state index is 0.000883. The Labute approximate surface area is 187 Å². The number of alkyl carbamates (subject to hydrolysis) is 1. The molecule has 1 fully saturated rings. The maximum atomic E-state index is 12.5. The van der Waals surface area contributed by atoms with Gasteiger partial charge in [0.05, 0.1) is 0 Å². The molecule has 0 saturated heterocycles. The van der Waals surface area contributed by atoms with Gasteiger partial charge in [-0.25, -0.2) is 9.59 Å². The van der Waals surface area contributed by atoms with Crippen molar-refractivity contribution >= 4 is 18.0 Å². The molecular formula is C25H28N2O5. The fourth-order valence-corrected chi connectivity index (χ4v) is 4.67. The number of ether oxygens (including phenoxy) is 1. The van der Waals surface area contributed by atoms with Crippen molar-refractivity contribution in [2.24, 2.45) is 11.8 Å². The summed E-state index contributed by atoms with van der Waals surface area (Å²) in [5.74, 6) is -1.42. The van der Waals surface area contributed by atoms with E-state index in [0.717, 1.165) is 11.1 Å². The van der Waals surface area contributed by atoms with Crippen molar-refractivity contribution in [3.8, 4) is 11.1 Å². The predicted molar refractivity (Wildman–Crippen MR) is 119 cm³/mol. The lowest BCUT2D eigenvalue weighted by atomic mass is 9.98. The molecular weight excluding hydrogens is 408 g/mol. The van der Waals surface area contributed by atoms with Crippen LogP contribution in [-0.2, 0) is 14.3 Å². The molecule has 168 valence electrons. The number of hydrogen-bond acceptors (Lipinski definition) is 4. The first kappa shape index (κ1) is 21.9. The molecule has 0 aromatic heterocycles. The van der Waals surface area contributed by atoms with Crippen LogP contribution in [0.5, 0.6) is 0 Å². The highest BCUT2D eigenvalue weighted by molar-refractivity contribution is 5.86. The molecule has 2 N–H and O–H groups in total. The Morgan fingerprint density at radius 2 is 1.69 bits per heavy atom. The summed E-state index contributed by atoms with van der Waals surface area (Å²) in [6, 6.07) is 15.5. The van der Waals surface area contributed by atoms with Gasteiger partial charge in [0.1, 0.15) is 12.6 Å². The molecule has 1 saturated carbocycles. The summed E-state index contributed by atoms with van der Waals surface area (Å²) in [6.45, 7) is 2.32. The molecule has 0 bridgehead atoms. The summed E-state index contributed by atoms with van der Waals surface area (Å²) < 4.78 is 5.53. The van der Waals surface area contributed by atoms with Crippen molar-refractivity contribution in [1.82, 2.24) is 10.2 Å². The largest absolute Gasteiger partial charge is 0.480 e. The number of likely N-dealkylation sites (N-methyl/N-ethyl adjacent to an activating group) is 1. The van der Waals surface area contributed by atoms with Gasteiger partial charge in [-0.1, -0.05) is 55.5 Å². The van der Waals surface area contributed by atoms with E-state index in [4.69, 9.17) is 4.74 Å². The van der Waals surface area contributed by atoms with Gasteiger partial charge in [-0.05, 0) is 41.0 Å². The van der Waals surface area contributed by atoms with E-state index < -0.39 is 18.1 Å². The van der Waals surface area contributed by atoms with Gasteiger partial charge < -0.3 is 20.1 Å². The highest BCUT2D eigenvalue weighted by Crippen LogP contribution is 2.44.